The Morgan fingerprint density at radius 2 is 2.30 bits per heavy atom. The van der Waals surface area contributed by atoms with Crippen LogP contribution in [-0.4, -0.2) is 59.7 Å². The summed E-state index contributed by atoms with van der Waals surface area (Å²) in [5, 5.41) is 5.50. The van der Waals surface area contributed by atoms with E-state index >= 15 is 0 Å². The van der Waals surface area contributed by atoms with Gasteiger partial charge in [0, 0.05) is 24.5 Å². The number of nitrogens with one attached hydrogen (secondary N) is 1. The van der Waals surface area contributed by atoms with Gasteiger partial charge in [-0.3, -0.25) is 4.99 Å². The first kappa shape index (κ1) is 16.1. The average molecular weight is 336 g/mol. The number of rotatable bonds is 2. The second kappa shape index (κ2) is 6.39. The van der Waals surface area contributed by atoms with Gasteiger partial charge in [0.1, 0.15) is 5.60 Å². The van der Waals surface area contributed by atoms with Gasteiger partial charge < -0.3 is 19.9 Å². The number of aliphatic imine (C=N–C) groups is 1. The van der Waals surface area contributed by atoms with E-state index in [9.17, 15) is 4.79 Å². The van der Waals surface area contributed by atoms with Gasteiger partial charge in [0.25, 0.3) is 0 Å². The Morgan fingerprint density at radius 3 is 3.00 bits per heavy atom. The maximum atomic E-state index is 12.2. The predicted octanol–water partition coefficient (Wildman–Crippen LogP) is 2.13. The molecule has 1 aromatic heterocycles. The summed E-state index contributed by atoms with van der Waals surface area (Å²) in [4.78, 5) is 22.2. The molecule has 2 aliphatic heterocycles. The molecule has 0 aliphatic carbocycles. The largest absolute Gasteiger partial charge is 0.444 e. The average Bonchev–Trinajstić information content (AvgIpc) is 3.12. The van der Waals surface area contributed by atoms with Crippen LogP contribution in [0.25, 0.3) is 0 Å². The van der Waals surface area contributed by atoms with Crippen molar-refractivity contribution in [2.45, 2.75) is 39.0 Å². The van der Waals surface area contributed by atoms with Gasteiger partial charge in [-0.25, -0.2) is 4.79 Å². The number of carbonyl (C=O) groups is 1. The Morgan fingerprint density at radius 1 is 1.48 bits per heavy atom. The summed E-state index contributed by atoms with van der Waals surface area (Å²) < 4.78 is 5.47. The molecule has 1 atom stereocenters. The maximum absolute atomic E-state index is 12.2. The molecule has 2 aliphatic rings. The van der Waals surface area contributed by atoms with Crippen molar-refractivity contribution in [1.82, 2.24) is 15.1 Å². The van der Waals surface area contributed by atoms with Crippen molar-refractivity contribution in [3.63, 3.8) is 0 Å². The lowest BCUT2D eigenvalue weighted by atomic mass is 10.2. The Hall–Kier alpha value is -1.76. The van der Waals surface area contributed by atoms with Crippen LogP contribution in [0.1, 0.15) is 25.6 Å². The molecule has 3 rings (SSSR count). The molecule has 0 spiro atoms. The minimum absolute atomic E-state index is 0.225. The molecule has 0 saturated carbocycles. The summed E-state index contributed by atoms with van der Waals surface area (Å²) in [5.41, 5.74) is -0.451. The van der Waals surface area contributed by atoms with Crippen LogP contribution in [-0.2, 0) is 11.3 Å². The van der Waals surface area contributed by atoms with Gasteiger partial charge in [0.15, 0.2) is 5.96 Å². The minimum atomic E-state index is -0.451. The summed E-state index contributed by atoms with van der Waals surface area (Å²) in [5.74, 6) is 0.951. The number of carbonyl (C=O) groups excluding carboxylic acids is 1. The molecule has 23 heavy (non-hydrogen) atoms. The van der Waals surface area contributed by atoms with Crippen molar-refractivity contribution in [2.75, 3.05) is 26.2 Å². The highest BCUT2D eigenvalue weighted by atomic mass is 32.1. The number of piperazine rings is 1. The number of fused-ring (bicyclic) bond motifs is 1. The van der Waals surface area contributed by atoms with Gasteiger partial charge in [-0.15, -0.1) is 11.3 Å². The van der Waals surface area contributed by atoms with Crippen molar-refractivity contribution in [2.24, 2.45) is 4.99 Å². The van der Waals surface area contributed by atoms with Gasteiger partial charge in [-0.05, 0) is 32.2 Å². The normalized spacial score (nSPS) is 21.0. The molecular weight excluding hydrogens is 312 g/mol. The summed E-state index contributed by atoms with van der Waals surface area (Å²) >= 11 is 1.74. The first-order valence-electron chi connectivity index (χ1n) is 7.98. The molecule has 6 nitrogen and oxygen atoms in total. The lowest BCUT2D eigenvalue weighted by molar-refractivity contribution is 0.0137. The Balaban J connectivity index is 1.52. The Labute approximate surface area is 141 Å². The highest BCUT2D eigenvalue weighted by Gasteiger charge is 2.36. The van der Waals surface area contributed by atoms with E-state index in [-0.39, 0.29) is 12.1 Å². The van der Waals surface area contributed by atoms with Crippen LogP contribution in [0.4, 0.5) is 4.79 Å². The topological polar surface area (TPSA) is 57.2 Å². The highest BCUT2D eigenvalue weighted by molar-refractivity contribution is 7.09. The molecule has 0 bridgehead atoms. The number of hydrogen-bond acceptors (Lipinski definition) is 6. The second-order valence-corrected chi connectivity index (χ2v) is 7.90. The van der Waals surface area contributed by atoms with E-state index in [2.05, 4.69) is 32.7 Å². The van der Waals surface area contributed by atoms with Crippen molar-refractivity contribution < 1.29 is 9.53 Å². The number of hydrogen-bond donors (Lipinski definition) is 1. The fraction of sp³-hybridized carbons (Fsp3) is 0.625. The third kappa shape index (κ3) is 3.96. The lowest BCUT2D eigenvalue weighted by Crippen LogP contribution is -2.57. The van der Waals surface area contributed by atoms with E-state index in [1.54, 1.807) is 16.2 Å². The molecular formula is C16H24N4O2S. The van der Waals surface area contributed by atoms with Gasteiger partial charge in [-0.2, -0.15) is 0 Å². The Bertz CT molecular complexity index is 579. The fourth-order valence-corrected chi connectivity index (χ4v) is 3.45. The second-order valence-electron chi connectivity index (χ2n) is 6.87. The monoisotopic (exact) mass is 336 g/mol. The standard InChI is InChI=1S/C16H24N4O2S/c1-16(2,3)22-15(21)19-6-7-20-12(11-19)9-17-14(20)18-10-13-5-4-8-23-13/h4-5,8,12H,6-7,9-11H2,1-3H3,(H,17,18). The molecule has 1 unspecified atom stereocenters. The maximum Gasteiger partial charge on any atom is 0.410 e. The summed E-state index contributed by atoms with van der Waals surface area (Å²) in [6.07, 6.45) is -0.225. The molecule has 1 fully saturated rings. The predicted molar refractivity (Wildman–Crippen MR) is 91.8 cm³/mol. The number of ether oxygens (including phenoxy) is 1. The van der Waals surface area contributed by atoms with Crippen LogP contribution in [0.15, 0.2) is 22.5 Å². The number of nitrogens with zero attached hydrogens (tertiary/aromatic N) is 3. The zero-order chi connectivity index (χ0) is 16.4. The van der Waals surface area contributed by atoms with E-state index < -0.39 is 5.60 Å². The van der Waals surface area contributed by atoms with E-state index in [4.69, 9.17) is 4.74 Å². The third-order valence-electron chi connectivity index (χ3n) is 3.86. The van der Waals surface area contributed by atoms with Crippen molar-refractivity contribution in [1.29, 1.82) is 0 Å². The zero-order valence-corrected chi connectivity index (χ0v) is 14.7. The van der Waals surface area contributed by atoms with E-state index in [0.717, 1.165) is 25.6 Å². The molecule has 7 heteroatoms. The Kier molecular flexibility index (Phi) is 4.48. The first-order chi connectivity index (χ1) is 10.9. The van der Waals surface area contributed by atoms with Crippen LogP contribution in [0, 0.1) is 0 Å². The molecule has 3 heterocycles. The van der Waals surface area contributed by atoms with Crippen molar-refractivity contribution >= 4 is 23.4 Å². The van der Waals surface area contributed by atoms with Crippen LogP contribution >= 0.6 is 11.3 Å². The zero-order valence-electron chi connectivity index (χ0n) is 13.9. The summed E-state index contributed by atoms with van der Waals surface area (Å²) in [6.45, 7) is 9.35. The molecule has 1 aromatic rings. The van der Waals surface area contributed by atoms with Crippen LogP contribution in [0.3, 0.4) is 0 Å². The molecule has 1 amide bonds. The third-order valence-corrected chi connectivity index (χ3v) is 4.74. The first-order valence-corrected chi connectivity index (χ1v) is 8.85. The molecule has 0 aromatic carbocycles. The fourth-order valence-electron chi connectivity index (χ4n) is 2.80. The van der Waals surface area contributed by atoms with Crippen LogP contribution < -0.4 is 5.32 Å². The minimum Gasteiger partial charge on any atom is -0.444 e. The number of thiophene rings is 1. The van der Waals surface area contributed by atoms with Crippen LogP contribution in [0.2, 0.25) is 0 Å². The SMILES string of the molecule is CC(C)(C)OC(=O)N1CCN2C(NCc3cccs3)=NCC2C1. The lowest BCUT2D eigenvalue weighted by Gasteiger charge is -2.39. The molecule has 126 valence electrons. The molecule has 1 saturated heterocycles. The number of guanidine groups is 1. The smallest absolute Gasteiger partial charge is 0.410 e. The van der Waals surface area contributed by atoms with E-state index in [1.807, 2.05) is 20.8 Å². The summed E-state index contributed by atoms with van der Waals surface area (Å²) in [6, 6.07) is 4.42. The quantitative estimate of drug-likeness (QED) is 0.899. The van der Waals surface area contributed by atoms with Gasteiger partial charge >= 0.3 is 6.09 Å². The molecule has 1 N–H and O–H groups in total. The highest BCUT2D eigenvalue weighted by Crippen LogP contribution is 2.19. The van der Waals surface area contributed by atoms with Gasteiger partial charge in [-0.1, -0.05) is 6.07 Å². The van der Waals surface area contributed by atoms with Crippen molar-refractivity contribution in [3.8, 4) is 0 Å². The molecule has 0 radical (unpaired) electrons. The van der Waals surface area contributed by atoms with Gasteiger partial charge in [0.2, 0.25) is 0 Å². The summed E-state index contributed by atoms with van der Waals surface area (Å²) in [7, 11) is 0. The van der Waals surface area contributed by atoms with Crippen molar-refractivity contribution in [3.05, 3.63) is 22.4 Å². The van der Waals surface area contributed by atoms with Gasteiger partial charge in [0.05, 0.1) is 19.1 Å². The number of amides is 1. The van der Waals surface area contributed by atoms with E-state index in [0.29, 0.717) is 13.1 Å². The van der Waals surface area contributed by atoms with Crippen LogP contribution in [0.5, 0.6) is 0 Å². The van der Waals surface area contributed by atoms with E-state index in [1.165, 1.54) is 4.88 Å².